The molecule has 0 fully saturated rings. The molecule has 7 heteroatoms. The number of benzene rings is 1. The van der Waals surface area contributed by atoms with Crippen molar-refractivity contribution in [2.45, 2.75) is 39.7 Å². The Bertz CT molecular complexity index is 1060. The number of Topliss-reactive ketones (excluding diaryl/α,β-unsaturated/α-hetero) is 1. The predicted octanol–water partition coefficient (Wildman–Crippen LogP) is 5.55. The number of rotatable bonds is 1. The number of nitrogens with zero attached hydrogens (tertiary/aromatic N) is 2. The second kappa shape index (κ2) is 7.15. The van der Waals surface area contributed by atoms with Crippen molar-refractivity contribution in [2.24, 2.45) is 5.41 Å². The molecule has 1 aliphatic carbocycles. The molecule has 0 saturated heterocycles. The highest BCUT2D eigenvalue weighted by atomic mass is 35.5. The second-order valence-electron chi connectivity index (χ2n) is 8.31. The Labute approximate surface area is 179 Å². The summed E-state index contributed by atoms with van der Waals surface area (Å²) in [5.74, 6) is -0.187. The van der Waals surface area contributed by atoms with E-state index in [1.807, 2.05) is 0 Å². The SMILES string of the molecule is CC(=O)N1c2ccncc2NC2=C(C(=O)CC(C)(C)C2)[C@@H]1c1ccc(Cl)cc1Cl. The van der Waals surface area contributed by atoms with Crippen molar-refractivity contribution in [3.8, 4) is 0 Å². The number of fused-ring (bicyclic) bond motifs is 1. The molecule has 2 aromatic rings. The third-order valence-electron chi connectivity index (χ3n) is 5.39. The van der Waals surface area contributed by atoms with Crippen molar-refractivity contribution in [1.29, 1.82) is 0 Å². The van der Waals surface area contributed by atoms with E-state index in [4.69, 9.17) is 23.2 Å². The van der Waals surface area contributed by atoms with Gasteiger partial charge in [0.2, 0.25) is 5.91 Å². The minimum atomic E-state index is -0.646. The first-order valence-corrected chi connectivity index (χ1v) is 10.2. The van der Waals surface area contributed by atoms with Gasteiger partial charge in [-0.2, -0.15) is 0 Å². The van der Waals surface area contributed by atoms with Crippen LogP contribution < -0.4 is 10.2 Å². The number of carbonyl (C=O) groups is 2. The van der Waals surface area contributed by atoms with Crippen molar-refractivity contribution in [3.63, 3.8) is 0 Å². The Morgan fingerprint density at radius 1 is 1.24 bits per heavy atom. The monoisotopic (exact) mass is 429 g/mol. The number of ketones is 1. The van der Waals surface area contributed by atoms with Crippen LogP contribution in [-0.4, -0.2) is 16.7 Å². The number of anilines is 2. The Hall–Kier alpha value is -2.37. The summed E-state index contributed by atoms with van der Waals surface area (Å²) in [7, 11) is 0. The maximum absolute atomic E-state index is 13.4. The predicted molar refractivity (Wildman–Crippen MR) is 115 cm³/mol. The molecule has 1 N–H and O–H groups in total. The van der Waals surface area contributed by atoms with E-state index < -0.39 is 6.04 Å². The van der Waals surface area contributed by atoms with Crippen LogP contribution >= 0.6 is 23.2 Å². The van der Waals surface area contributed by atoms with Crippen molar-refractivity contribution in [1.82, 2.24) is 4.98 Å². The number of hydrogen-bond acceptors (Lipinski definition) is 4. The van der Waals surface area contributed by atoms with Gasteiger partial charge in [-0.05, 0) is 35.6 Å². The lowest BCUT2D eigenvalue weighted by Crippen LogP contribution is -2.38. The first kappa shape index (κ1) is 19.9. The zero-order valence-electron chi connectivity index (χ0n) is 16.4. The van der Waals surface area contributed by atoms with Crippen LogP contribution in [0.1, 0.15) is 45.2 Å². The summed E-state index contributed by atoms with van der Waals surface area (Å²) in [5, 5.41) is 4.30. The van der Waals surface area contributed by atoms with Gasteiger partial charge in [0.1, 0.15) is 0 Å². The van der Waals surface area contributed by atoms with E-state index in [9.17, 15) is 9.59 Å². The summed E-state index contributed by atoms with van der Waals surface area (Å²) in [6.07, 6.45) is 4.38. The highest BCUT2D eigenvalue weighted by molar-refractivity contribution is 6.35. The summed E-state index contributed by atoms with van der Waals surface area (Å²) in [5.41, 5.74) is 3.20. The fourth-order valence-corrected chi connectivity index (χ4v) is 4.77. The molecule has 1 atom stereocenters. The summed E-state index contributed by atoms with van der Waals surface area (Å²) < 4.78 is 0. The van der Waals surface area contributed by atoms with Crippen LogP contribution in [0.4, 0.5) is 11.4 Å². The number of halogens is 2. The summed E-state index contributed by atoms with van der Waals surface area (Å²) >= 11 is 12.7. The van der Waals surface area contributed by atoms with Gasteiger partial charge < -0.3 is 5.32 Å². The molecule has 0 unspecified atom stereocenters. The molecule has 5 nitrogen and oxygen atoms in total. The van der Waals surface area contributed by atoms with Gasteiger partial charge in [-0.1, -0.05) is 43.1 Å². The first-order valence-electron chi connectivity index (χ1n) is 9.40. The van der Waals surface area contributed by atoms with E-state index in [0.717, 1.165) is 5.70 Å². The number of carbonyl (C=O) groups excluding carboxylic acids is 2. The highest BCUT2D eigenvalue weighted by Gasteiger charge is 2.43. The van der Waals surface area contributed by atoms with E-state index in [1.54, 1.807) is 41.6 Å². The van der Waals surface area contributed by atoms with Crippen LogP contribution in [-0.2, 0) is 9.59 Å². The molecule has 0 radical (unpaired) electrons. The minimum absolute atomic E-state index is 0.00628. The number of amides is 1. The third-order valence-corrected chi connectivity index (χ3v) is 5.95. The fourth-order valence-electron chi connectivity index (χ4n) is 4.26. The van der Waals surface area contributed by atoms with Crippen molar-refractivity contribution >= 4 is 46.3 Å². The van der Waals surface area contributed by atoms with Gasteiger partial charge in [0, 0.05) is 40.9 Å². The molecule has 4 rings (SSSR count). The number of pyridine rings is 1. The van der Waals surface area contributed by atoms with E-state index in [0.29, 0.717) is 45.4 Å². The largest absolute Gasteiger partial charge is 0.356 e. The van der Waals surface area contributed by atoms with Crippen molar-refractivity contribution in [2.75, 3.05) is 10.2 Å². The van der Waals surface area contributed by atoms with Crippen LogP contribution in [0.2, 0.25) is 10.0 Å². The molecule has 0 spiro atoms. The van der Waals surface area contributed by atoms with Gasteiger partial charge in [-0.3, -0.25) is 19.5 Å². The van der Waals surface area contributed by atoms with E-state index in [1.165, 1.54) is 6.92 Å². The Kier molecular flexibility index (Phi) is 4.91. The Balaban J connectivity index is 2.04. The summed E-state index contributed by atoms with van der Waals surface area (Å²) in [6, 6.07) is 6.28. The molecular weight excluding hydrogens is 409 g/mol. The van der Waals surface area contributed by atoms with Gasteiger partial charge in [0.15, 0.2) is 5.78 Å². The van der Waals surface area contributed by atoms with Crippen LogP contribution in [0, 0.1) is 5.41 Å². The number of allylic oxidation sites excluding steroid dienone is 1. The molecule has 0 saturated carbocycles. The molecule has 1 aliphatic heterocycles. The lowest BCUT2D eigenvalue weighted by molar-refractivity contribution is -0.118. The number of hydrogen-bond donors (Lipinski definition) is 1. The van der Waals surface area contributed by atoms with Crippen molar-refractivity contribution in [3.05, 3.63) is 63.5 Å². The molecule has 0 bridgehead atoms. The topological polar surface area (TPSA) is 62.3 Å². The van der Waals surface area contributed by atoms with Gasteiger partial charge in [0.05, 0.1) is 23.6 Å². The second-order valence-corrected chi connectivity index (χ2v) is 9.15. The average Bonchev–Trinajstić information content (AvgIpc) is 2.74. The third kappa shape index (κ3) is 3.53. The molecule has 2 heterocycles. The van der Waals surface area contributed by atoms with Gasteiger partial charge in [0.25, 0.3) is 0 Å². The maximum Gasteiger partial charge on any atom is 0.224 e. The van der Waals surface area contributed by atoms with Crippen LogP contribution in [0.5, 0.6) is 0 Å². The maximum atomic E-state index is 13.4. The molecule has 1 amide bonds. The van der Waals surface area contributed by atoms with Crippen LogP contribution in [0.3, 0.4) is 0 Å². The fraction of sp³-hybridized carbons (Fsp3) is 0.318. The molecule has 1 aromatic carbocycles. The van der Waals surface area contributed by atoms with E-state index in [-0.39, 0.29) is 17.1 Å². The highest BCUT2D eigenvalue weighted by Crippen LogP contribution is 2.49. The molecule has 2 aliphatic rings. The first-order chi connectivity index (χ1) is 13.7. The van der Waals surface area contributed by atoms with Gasteiger partial charge >= 0.3 is 0 Å². The minimum Gasteiger partial charge on any atom is -0.356 e. The van der Waals surface area contributed by atoms with Gasteiger partial charge in [-0.15, -0.1) is 0 Å². The molecule has 150 valence electrons. The summed E-state index contributed by atoms with van der Waals surface area (Å²) in [4.78, 5) is 32.0. The van der Waals surface area contributed by atoms with E-state index >= 15 is 0 Å². The quantitative estimate of drug-likeness (QED) is 0.644. The lowest BCUT2D eigenvalue weighted by Gasteiger charge is -2.37. The Morgan fingerprint density at radius 3 is 2.69 bits per heavy atom. The summed E-state index contributed by atoms with van der Waals surface area (Å²) in [6.45, 7) is 5.63. The molecular formula is C22H21Cl2N3O2. The van der Waals surface area contributed by atoms with Crippen LogP contribution in [0.15, 0.2) is 47.9 Å². The lowest BCUT2D eigenvalue weighted by atomic mass is 9.73. The number of nitrogens with one attached hydrogen (secondary N) is 1. The van der Waals surface area contributed by atoms with Crippen molar-refractivity contribution < 1.29 is 9.59 Å². The number of aromatic nitrogens is 1. The Morgan fingerprint density at radius 2 is 2.00 bits per heavy atom. The zero-order chi connectivity index (χ0) is 20.9. The van der Waals surface area contributed by atoms with E-state index in [2.05, 4.69) is 24.1 Å². The average molecular weight is 430 g/mol. The normalized spacial score (nSPS) is 20.5. The smallest absolute Gasteiger partial charge is 0.224 e. The van der Waals surface area contributed by atoms with Crippen LogP contribution in [0.25, 0.3) is 0 Å². The molecule has 1 aromatic heterocycles. The van der Waals surface area contributed by atoms with Gasteiger partial charge in [-0.25, -0.2) is 0 Å². The standard InChI is InChI=1S/C22H21Cl2N3O2/c1-12(28)27-18-6-7-25-11-17(18)26-16-9-22(2,3)10-19(29)20(16)21(27)14-5-4-13(23)8-15(14)24/h4-8,11,21,26H,9-10H2,1-3H3/t21-/m0/s1. The molecule has 29 heavy (non-hydrogen) atoms. The zero-order valence-corrected chi connectivity index (χ0v) is 17.9.